The number of carbonyl (C=O) groups is 1. The van der Waals surface area contributed by atoms with Crippen molar-refractivity contribution in [3.8, 4) is 11.4 Å². The fraction of sp³-hybridized carbons (Fsp3) is 0.0800. The standard InChI is InChI=1S/C25H21N7O/c1-17-22(21-9-5-6-10-23(21)27-17)15-26-29-25(33)20-13-11-18(12-14-20)16-32-30-24(28-31-32)19-7-3-2-4-8-19/h2-15,27H,16H2,1H3,(H,29,33)/b26-15+. The number of hydrogen-bond donors (Lipinski definition) is 2. The molecule has 5 rings (SSSR count). The van der Waals surface area contributed by atoms with E-state index in [9.17, 15) is 4.79 Å². The highest BCUT2D eigenvalue weighted by Gasteiger charge is 2.09. The predicted molar refractivity (Wildman–Crippen MR) is 127 cm³/mol. The van der Waals surface area contributed by atoms with Gasteiger partial charge in [0, 0.05) is 33.3 Å². The molecule has 8 nitrogen and oxygen atoms in total. The number of hydrogen-bond acceptors (Lipinski definition) is 5. The van der Waals surface area contributed by atoms with Gasteiger partial charge in [0.2, 0.25) is 5.82 Å². The number of H-pyrrole nitrogens is 1. The van der Waals surface area contributed by atoms with E-state index in [-0.39, 0.29) is 5.91 Å². The van der Waals surface area contributed by atoms with Crippen LogP contribution in [0.5, 0.6) is 0 Å². The molecule has 0 bridgehead atoms. The lowest BCUT2D eigenvalue weighted by atomic mass is 10.1. The summed E-state index contributed by atoms with van der Waals surface area (Å²) in [5.74, 6) is 0.301. The number of aromatic nitrogens is 5. The molecule has 8 heteroatoms. The Labute approximate surface area is 190 Å². The van der Waals surface area contributed by atoms with Gasteiger partial charge in [0.25, 0.3) is 5.91 Å². The zero-order valence-corrected chi connectivity index (χ0v) is 17.9. The van der Waals surface area contributed by atoms with Crippen molar-refractivity contribution in [1.82, 2.24) is 30.6 Å². The number of nitrogens with zero attached hydrogens (tertiary/aromatic N) is 5. The van der Waals surface area contributed by atoms with Crippen LogP contribution in [-0.4, -0.2) is 37.3 Å². The van der Waals surface area contributed by atoms with E-state index in [0.29, 0.717) is 17.9 Å². The molecule has 0 saturated carbocycles. The third-order valence-electron chi connectivity index (χ3n) is 5.33. The summed E-state index contributed by atoms with van der Waals surface area (Å²) in [6.07, 6.45) is 1.67. The molecule has 0 radical (unpaired) electrons. The second-order valence-corrected chi connectivity index (χ2v) is 7.61. The normalized spacial score (nSPS) is 11.3. The van der Waals surface area contributed by atoms with Gasteiger partial charge in [0.1, 0.15) is 0 Å². The highest BCUT2D eigenvalue weighted by atomic mass is 16.2. The Hall–Kier alpha value is -4.59. The van der Waals surface area contributed by atoms with Crippen LogP contribution in [-0.2, 0) is 6.54 Å². The van der Waals surface area contributed by atoms with Crippen molar-refractivity contribution in [2.45, 2.75) is 13.5 Å². The smallest absolute Gasteiger partial charge is 0.271 e. The molecule has 0 aliphatic rings. The van der Waals surface area contributed by atoms with Crippen LogP contribution in [0.1, 0.15) is 27.2 Å². The van der Waals surface area contributed by atoms with Gasteiger partial charge in [0.15, 0.2) is 0 Å². The third-order valence-corrected chi connectivity index (χ3v) is 5.33. The third kappa shape index (κ3) is 4.40. The number of aryl methyl sites for hydroxylation is 1. The van der Waals surface area contributed by atoms with Gasteiger partial charge < -0.3 is 4.98 Å². The lowest BCUT2D eigenvalue weighted by Crippen LogP contribution is -2.17. The summed E-state index contributed by atoms with van der Waals surface area (Å²) >= 11 is 0. The molecule has 0 fully saturated rings. The van der Waals surface area contributed by atoms with Crippen molar-refractivity contribution in [3.63, 3.8) is 0 Å². The number of carbonyl (C=O) groups excluding carboxylic acids is 1. The molecule has 5 aromatic rings. The monoisotopic (exact) mass is 435 g/mol. The molecule has 0 aliphatic carbocycles. The minimum atomic E-state index is -0.277. The molecular weight excluding hydrogens is 414 g/mol. The Kier molecular flexibility index (Phi) is 5.47. The van der Waals surface area contributed by atoms with E-state index in [4.69, 9.17) is 0 Å². The average molecular weight is 435 g/mol. The van der Waals surface area contributed by atoms with Crippen molar-refractivity contribution >= 4 is 23.0 Å². The SMILES string of the molecule is Cc1[nH]c2ccccc2c1/C=N/NC(=O)c1ccc(Cn2nnc(-c3ccccc3)n2)cc1. The highest BCUT2D eigenvalue weighted by Crippen LogP contribution is 2.20. The zero-order valence-electron chi connectivity index (χ0n) is 17.9. The Balaban J connectivity index is 1.22. The van der Waals surface area contributed by atoms with Crippen molar-refractivity contribution in [2.75, 3.05) is 0 Å². The molecule has 1 amide bonds. The summed E-state index contributed by atoms with van der Waals surface area (Å²) in [5, 5.41) is 17.9. The molecule has 0 aliphatic heterocycles. The number of nitrogens with one attached hydrogen (secondary N) is 2. The van der Waals surface area contributed by atoms with Gasteiger partial charge in [-0.05, 0) is 35.9 Å². The second-order valence-electron chi connectivity index (χ2n) is 7.61. The Morgan fingerprint density at radius 2 is 1.79 bits per heavy atom. The van der Waals surface area contributed by atoms with Gasteiger partial charge >= 0.3 is 0 Å². The van der Waals surface area contributed by atoms with Gasteiger partial charge in [-0.2, -0.15) is 9.90 Å². The summed E-state index contributed by atoms with van der Waals surface area (Å²) in [4.78, 5) is 17.3. The van der Waals surface area contributed by atoms with Crippen LogP contribution < -0.4 is 5.43 Å². The first kappa shape index (κ1) is 20.3. The fourth-order valence-corrected chi connectivity index (χ4v) is 3.62. The maximum Gasteiger partial charge on any atom is 0.271 e. The van der Waals surface area contributed by atoms with Gasteiger partial charge in [-0.15, -0.1) is 10.2 Å². The number of rotatable bonds is 6. The summed E-state index contributed by atoms with van der Waals surface area (Å²) in [6.45, 7) is 2.44. The molecule has 2 heterocycles. The van der Waals surface area contributed by atoms with E-state index in [0.717, 1.165) is 33.3 Å². The molecule has 3 aromatic carbocycles. The molecule has 2 N–H and O–H groups in total. The lowest BCUT2D eigenvalue weighted by molar-refractivity contribution is 0.0955. The minimum Gasteiger partial charge on any atom is -0.358 e. The van der Waals surface area contributed by atoms with E-state index in [1.807, 2.05) is 73.7 Å². The van der Waals surface area contributed by atoms with E-state index >= 15 is 0 Å². The van der Waals surface area contributed by atoms with Gasteiger partial charge in [-0.1, -0.05) is 60.7 Å². The van der Waals surface area contributed by atoms with Gasteiger partial charge in [-0.25, -0.2) is 5.43 Å². The molecule has 0 atom stereocenters. The molecule has 0 spiro atoms. The lowest BCUT2D eigenvalue weighted by Gasteiger charge is -2.03. The first-order valence-corrected chi connectivity index (χ1v) is 10.5. The van der Waals surface area contributed by atoms with Crippen LogP contribution >= 0.6 is 0 Å². The average Bonchev–Trinajstić information content (AvgIpc) is 3.44. The number of benzene rings is 3. The van der Waals surface area contributed by atoms with Crippen LogP contribution in [0.25, 0.3) is 22.3 Å². The first-order chi connectivity index (χ1) is 16.2. The zero-order chi connectivity index (χ0) is 22.6. The molecule has 0 unspecified atom stereocenters. The van der Waals surface area contributed by atoms with E-state index in [1.165, 1.54) is 4.80 Å². The van der Waals surface area contributed by atoms with Crippen LogP contribution in [0.15, 0.2) is 84.0 Å². The highest BCUT2D eigenvalue weighted by molar-refractivity contribution is 6.01. The van der Waals surface area contributed by atoms with Crippen LogP contribution in [0.2, 0.25) is 0 Å². The number of amides is 1. The van der Waals surface area contributed by atoms with E-state index in [1.54, 1.807) is 18.3 Å². The van der Waals surface area contributed by atoms with E-state index in [2.05, 4.69) is 30.9 Å². The molecule has 0 saturated heterocycles. The minimum absolute atomic E-state index is 0.277. The quantitative estimate of drug-likeness (QED) is 0.312. The van der Waals surface area contributed by atoms with Crippen LogP contribution in [0, 0.1) is 6.92 Å². The van der Waals surface area contributed by atoms with Gasteiger partial charge in [0.05, 0.1) is 12.8 Å². The molecular formula is C25H21N7O. The van der Waals surface area contributed by atoms with Crippen LogP contribution in [0.3, 0.4) is 0 Å². The van der Waals surface area contributed by atoms with Crippen molar-refractivity contribution in [3.05, 3.63) is 101 Å². The number of tetrazole rings is 1. The summed E-state index contributed by atoms with van der Waals surface area (Å²) < 4.78 is 0. The number of fused-ring (bicyclic) bond motifs is 1. The summed E-state index contributed by atoms with van der Waals surface area (Å²) in [7, 11) is 0. The Morgan fingerprint density at radius 1 is 1.03 bits per heavy atom. The molecule has 33 heavy (non-hydrogen) atoms. The maximum atomic E-state index is 12.5. The number of para-hydroxylation sites is 1. The molecule has 2 aromatic heterocycles. The predicted octanol–water partition coefficient (Wildman–Crippen LogP) is 3.94. The fourth-order valence-electron chi connectivity index (χ4n) is 3.62. The number of hydrazone groups is 1. The topological polar surface area (TPSA) is 101 Å². The van der Waals surface area contributed by atoms with E-state index < -0.39 is 0 Å². The maximum absolute atomic E-state index is 12.5. The largest absolute Gasteiger partial charge is 0.358 e. The second kappa shape index (κ2) is 8.88. The van der Waals surface area contributed by atoms with Crippen molar-refractivity contribution in [2.24, 2.45) is 5.10 Å². The summed E-state index contributed by atoms with van der Waals surface area (Å²) in [6, 6.07) is 24.9. The Morgan fingerprint density at radius 3 is 2.61 bits per heavy atom. The summed E-state index contributed by atoms with van der Waals surface area (Å²) in [5.41, 5.74) is 7.98. The van der Waals surface area contributed by atoms with Gasteiger partial charge in [-0.3, -0.25) is 4.79 Å². The van der Waals surface area contributed by atoms with Crippen molar-refractivity contribution in [1.29, 1.82) is 0 Å². The van der Waals surface area contributed by atoms with Crippen molar-refractivity contribution < 1.29 is 4.79 Å². The van der Waals surface area contributed by atoms with Crippen LogP contribution in [0.4, 0.5) is 0 Å². The number of aromatic amines is 1. The first-order valence-electron chi connectivity index (χ1n) is 10.5. The Bertz CT molecular complexity index is 1430. The molecule has 162 valence electrons.